The van der Waals surface area contributed by atoms with E-state index in [0.717, 1.165) is 30.1 Å². The fraction of sp³-hybridized carbons (Fsp3) is 0.458. The Labute approximate surface area is 216 Å². The Morgan fingerprint density at radius 3 is 2.65 bits per heavy atom. The predicted molar refractivity (Wildman–Crippen MR) is 145 cm³/mol. The first-order valence-electron chi connectivity index (χ1n) is 12.4. The topological polar surface area (TPSA) is 190 Å². The van der Waals surface area contributed by atoms with Gasteiger partial charge in [-0.1, -0.05) is 12.1 Å². The molecule has 4 rings (SSSR count). The van der Waals surface area contributed by atoms with Crippen LogP contribution in [0.15, 0.2) is 30.5 Å². The molecule has 1 aliphatic rings. The Bertz CT molecular complexity index is 1220. The number of carbonyl (C=O) groups is 1. The van der Waals surface area contributed by atoms with Gasteiger partial charge in [-0.15, -0.1) is 0 Å². The number of amides is 1. The third-order valence-corrected chi connectivity index (χ3v) is 7.50. The third-order valence-electron chi connectivity index (χ3n) is 5.92. The lowest BCUT2D eigenvalue weighted by atomic mass is 10.1. The molecule has 37 heavy (non-hydrogen) atoms. The third kappa shape index (κ3) is 8.05. The Morgan fingerprint density at radius 2 is 1.89 bits per heavy atom. The van der Waals surface area contributed by atoms with Crippen molar-refractivity contribution < 1.29 is 14.3 Å². The molecule has 8 N–H and O–H groups in total. The van der Waals surface area contributed by atoms with E-state index in [2.05, 4.69) is 35.9 Å². The highest BCUT2D eigenvalue weighted by Crippen LogP contribution is 2.37. The highest BCUT2D eigenvalue weighted by molar-refractivity contribution is 6.69. The molecule has 0 radical (unpaired) electrons. The summed E-state index contributed by atoms with van der Waals surface area (Å²) in [6.07, 6.45) is 3.64. The molecule has 3 heterocycles. The van der Waals surface area contributed by atoms with Crippen molar-refractivity contribution in [3.05, 3.63) is 41.7 Å². The van der Waals surface area contributed by atoms with E-state index in [1.165, 1.54) is 0 Å². The van der Waals surface area contributed by atoms with Crippen LogP contribution in [-0.2, 0) is 16.1 Å². The number of anilines is 3. The molecule has 0 bridgehead atoms. The van der Waals surface area contributed by atoms with Gasteiger partial charge in [-0.25, -0.2) is 9.97 Å². The molecule has 1 amide bonds. The fourth-order valence-electron chi connectivity index (χ4n) is 3.90. The van der Waals surface area contributed by atoms with E-state index in [9.17, 15) is 9.59 Å². The summed E-state index contributed by atoms with van der Waals surface area (Å²) in [7, 11) is -2.03. The van der Waals surface area contributed by atoms with Gasteiger partial charge < -0.3 is 31.6 Å². The molecule has 0 saturated carbocycles. The monoisotopic (exact) mass is 525 g/mol. The smallest absolute Gasteiger partial charge is 0.224 e. The van der Waals surface area contributed by atoms with E-state index in [-0.39, 0.29) is 30.0 Å². The van der Waals surface area contributed by atoms with Gasteiger partial charge in [0.1, 0.15) is 12.3 Å². The summed E-state index contributed by atoms with van der Waals surface area (Å²) in [6.45, 7) is 5.61. The maximum atomic E-state index is 11.9. The zero-order valence-corrected chi connectivity index (χ0v) is 22.2. The van der Waals surface area contributed by atoms with E-state index in [4.69, 9.17) is 16.2 Å². The lowest BCUT2D eigenvalue weighted by Crippen LogP contribution is -2.29. The van der Waals surface area contributed by atoms with Crippen LogP contribution >= 0.6 is 0 Å². The van der Waals surface area contributed by atoms with Crippen LogP contribution in [0.25, 0.3) is 11.2 Å². The summed E-state index contributed by atoms with van der Waals surface area (Å²) in [5.74, 6) is 0.324. The Morgan fingerprint density at radius 1 is 1.11 bits per heavy atom. The molecular weight excluding hydrogens is 490 g/mol. The summed E-state index contributed by atoms with van der Waals surface area (Å²) >= 11 is 0. The number of benzene rings is 1. The van der Waals surface area contributed by atoms with Gasteiger partial charge in [-0.05, 0) is 56.2 Å². The minimum atomic E-state index is -2.03. The number of ether oxygens (including phenoxy) is 1. The van der Waals surface area contributed by atoms with Gasteiger partial charge in [0, 0.05) is 18.7 Å². The number of aromatic nitrogens is 4. The van der Waals surface area contributed by atoms with Gasteiger partial charge in [-0.3, -0.25) is 10.1 Å². The number of fused-ring (bicyclic) bond motifs is 1. The molecule has 1 aromatic carbocycles. The quantitative estimate of drug-likeness (QED) is 0.108. The van der Waals surface area contributed by atoms with E-state index in [1.54, 1.807) is 6.20 Å². The first-order valence-corrected chi connectivity index (χ1v) is 15.6. The van der Waals surface area contributed by atoms with Crippen molar-refractivity contribution in [1.82, 2.24) is 30.6 Å². The minimum Gasteiger partial charge on any atom is -0.432 e. The number of hydrogen-bond donors (Lipinski definition) is 6. The molecule has 2 atom stereocenters. The van der Waals surface area contributed by atoms with Crippen molar-refractivity contribution in [2.24, 2.45) is 0 Å². The normalized spacial score (nSPS) is 17.1. The van der Waals surface area contributed by atoms with Gasteiger partial charge in [0.05, 0.1) is 18.4 Å². The number of nitrogen functional groups attached to an aromatic ring is 2. The molecule has 3 aromatic rings. The van der Waals surface area contributed by atoms with Crippen molar-refractivity contribution in [3.8, 4) is 0 Å². The number of epoxide rings is 1. The molecule has 0 spiro atoms. The van der Waals surface area contributed by atoms with Crippen LogP contribution in [0.3, 0.4) is 0 Å². The van der Waals surface area contributed by atoms with Gasteiger partial charge in [0.15, 0.2) is 25.3 Å². The average molecular weight is 526 g/mol. The van der Waals surface area contributed by atoms with Gasteiger partial charge >= 0.3 is 0 Å². The second-order valence-corrected chi connectivity index (χ2v) is 13.9. The number of nitrogens with zero attached hydrogens (tertiary/aromatic N) is 4. The number of rotatable bonds is 13. The zero-order chi connectivity index (χ0) is 26.4. The van der Waals surface area contributed by atoms with Gasteiger partial charge in [0.2, 0.25) is 11.9 Å². The van der Waals surface area contributed by atoms with E-state index >= 15 is 0 Å². The van der Waals surface area contributed by atoms with Crippen LogP contribution in [-0.4, -0.2) is 58.3 Å². The van der Waals surface area contributed by atoms with Crippen molar-refractivity contribution in [1.29, 1.82) is 0 Å². The zero-order valence-electron chi connectivity index (χ0n) is 21.2. The summed E-state index contributed by atoms with van der Waals surface area (Å²) < 4.78 is 5.75. The first-order chi connectivity index (χ1) is 17.7. The summed E-state index contributed by atoms with van der Waals surface area (Å²) in [5, 5.41) is 9.58. The fourth-order valence-corrected chi connectivity index (χ4v) is 4.94. The lowest BCUT2D eigenvalue weighted by molar-refractivity contribution is -0.121. The minimum absolute atomic E-state index is 0.00986. The maximum Gasteiger partial charge on any atom is 0.224 e. The van der Waals surface area contributed by atoms with Crippen molar-refractivity contribution in [2.75, 3.05) is 29.9 Å². The van der Waals surface area contributed by atoms with Gasteiger partial charge in [0.25, 0.3) is 0 Å². The molecule has 198 valence electrons. The molecule has 1 aliphatic heterocycles. The summed E-state index contributed by atoms with van der Waals surface area (Å²) in [5.41, 5.74) is 15.0. The number of nitrogens with one attached hydrogen (secondary N) is 3. The molecule has 1 fully saturated rings. The summed E-state index contributed by atoms with van der Waals surface area (Å²) in [4.78, 5) is 38.5. The Kier molecular flexibility index (Phi) is 8.48. The predicted octanol–water partition coefficient (Wildman–Crippen LogP) is 1.67. The van der Waals surface area contributed by atoms with Gasteiger partial charge in [-0.2, -0.15) is 9.97 Å². The Balaban J connectivity index is 1.14. The number of hydrogen-bond acceptors (Lipinski definition) is 11. The lowest BCUT2D eigenvalue weighted by Gasteiger charge is -2.13. The van der Waals surface area contributed by atoms with Crippen LogP contribution in [0.2, 0.25) is 19.1 Å². The highest BCUT2D eigenvalue weighted by Gasteiger charge is 2.39. The second-order valence-electron chi connectivity index (χ2n) is 9.78. The molecule has 2 unspecified atom stereocenters. The molecule has 12 nitrogen and oxygen atoms in total. The molecule has 2 aromatic heterocycles. The molecule has 13 heteroatoms. The standard InChI is InChI=1S/C24H35N9O3Si/c1-37(2,35)12-4-11-27-18(34)5-3-10-28-23-20(36-23)15-6-8-16(9-7-15)29-13-17-14-30-22-19(31-17)21(25)32-24(26)33-22/h6-9,14,20,23,28-29,35H,3-5,10-13H2,1-2H3,(H,27,34)(H4,25,26,30,32,33). The van der Waals surface area contributed by atoms with Crippen molar-refractivity contribution in [2.45, 2.75) is 57.3 Å². The highest BCUT2D eigenvalue weighted by atomic mass is 28.4. The Hall–Kier alpha value is -3.39. The summed E-state index contributed by atoms with van der Waals surface area (Å²) in [6, 6.07) is 8.84. The van der Waals surface area contributed by atoms with Crippen LogP contribution in [0, 0.1) is 0 Å². The molecule has 1 saturated heterocycles. The maximum absolute atomic E-state index is 11.9. The second kappa shape index (κ2) is 11.8. The van der Waals surface area contributed by atoms with Crippen LogP contribution < -0.4 is 27.4 Å². The van der Waals surface area contributed by atoms with Crippen LogP contribution in [0.4, 0.5) is 17.5 Å². The number of nitrogens with two attached hydrogens (primary N) is 2. The first kappa shape index (κ1) is 26.7. The number of carbonyl (C=O) groups excluding carboxylic acids is 1. The van der Waals surface area contributed by atoms with E-state index < -0.39 is 8.32 Å². The van der Waals surface area contributed by atoms with E-state index in [1.807, 2.05) is 37.4 Å². The van der Waals surface area contributed by atoms with Crippen LogP contribution in [0.1, 0.15) is 36.6 Å². The average Bonchev–Trinajstić information content (AvgIpc) is 3.63. The van der Waals surface area contributed by atoms with Crippen molar-refractivity contribution in [3.63, 3.8) is 0 Å². The molecule has 0 aliphatic carbocycles. The van der Waals surface area contributed by atoms with Crippen molar-refractivity contribution >= 4 is 42.8 Å². The van der Waals surface area contributed by atoms with Crippen LogP contribution in [0.5, 0.6) is 0 Å². The largest absolute Gasteiger partial charge is 0.432 e. The molecular formula is C24H35N9O3Si. The SMILES string of the molecule is C[Si](C)(O)CCCNC(=O)CCCNC1OC1c1ccc(NCc2cnc3nc(N)nc(N)c3n2)cc1. The van der Waals surface area contributed by atoms with E-state index in [0.29, 0.717) is 42.9 Å².